The van der Waals surface area contributed by atoms with Gasteiger partial charge in [-0.2, -0.15) is 13.2 Å². The number of sulfonamides is 1. The van der Waals surface area contributed by atoms with Crippen LogP contribution in [0.15, 0.2) is 82.6 Å². The van der Waals surface area contributed by atoms with Gasteiger partial charge in [-0.3, -0.25) is 9.10 Å². The van der Waals surface area contributed by atoms with Crippen LogP contribution in [0.2, 0.25) is 5.02 Å². The molecule has 1 amide bonds. The second kappa shape index (κ2) is 10.1. The van der Waals surface area contributed by atoms with Crippen molar-refractivity contribution in [1.29, 1.82) is 0 Å². The van der Waals surface area contributed by atoms with Crippen LogP contribution in [-0.4, -0.2) is 27.1 Å². The summed E-state index contributed by atoms with van der Waals surface area (Å²) < 4.78 is 67.4. The van der Waals surface area contributed by atoms with Gasteiger partial charge in [0.05, 0.1) is 21.2 Å². The van der Waals surface area contributed by atoms with Gasteiger partial charge in [0, 0.05) is 10.6 Å². The van der Waals surface area contributed by atoms with Crippen molar-refractivity contribution in [3.63, 3.8) is 0 Å². The third kappa shape index (κ3) is 6.01. The molecule has 0 saturated carbocycles. The number of hydrogen-bond acceptors (Lipinski definition) is 4. The van der Waals surface area contributed by atoms with Crippen LogP contribution in [0.1, 0.15) is 5.56 Å². The van der Waals surface area contributed by atoms with Gasteiger partial charge in [-0.1, -0.05) is 35.9 Å². The lowest BCUT2D eigenvalue weighted by molar-refractivity contribution is -0.137. The fourth-order valence-corrected chi connectivity index (χ4v) is 5.07. The van der Waals surface area contributed by atoms with Crippen molar-refractivity contribution in [3.8, 4) is 0 Å². The average molecular weight is 515 g/mol. The summed E-state index contributed by atoms with van der Waals surface area (Å²) in [5.41, 5.74) is -1.12. The standard InChI is InChI=1S/C22H18ClF3N2O3S2/c1-32-17-7-5-6-15(12-17)27-21(29)14-28(33(30,31)18-8-3-2-4-9-18)16-10-11-20(23)19(13-16)22(24,25)26/h2-13H,14H2,1H3,(H,27,29). The van der Waals surface area contributed by atoms with Gasteiger partial charge in [0.2, 0.25) is 5.91 Å². The van der Waals surface area contributed by atoms with Crippen LogP contribution >= 0.6 is 23.4 Å². The zero-order chi connectivity index (χ0) is 24.2. The first kappa shape index (κ1) is 24.9. The third-order valence-corrected chi connectivity index (χ3v) is 7.36. The highest BCUT2D eigenvalue weighted by molar-refractivity contribution is 7.98. The van der Waals surface area contributed by atoms with Crippen molar-refractivity contribution < 1.29 is 26.4 Å². The summed E-state index contributed by atoms with van der Waals surface area (Å²) in [5.74, 6) is -0.726. The van der Waals surface area contributed by atoms with E-state index in [0.29, 0.717) is 16.1 Å². The summed E-state index contributed by atoms with van der Waals surface area (Å²) in [6.45, 7) is -0.750. The first-order valence-electron chi connectivity index (χ1n) is 9.41. The van der Waals surface area contributed by atoms with E-state index in [-0.39, 0.29) is 10.6 Å². The number of alkyl halides is 3. The molecule has 0 fully saturated rings. The first-order chi connectivity index (χ1) is 15.5. The van der Waals surface area contributed by atoms with Crippen LogP contribution in [-0.2, 0) is 21.0 Å². The number of hydrogen-bond donors (Lipinski definition) is 1. The maximum atomic E-state index is 13.4. The van der Waals surface area contributed by atoms with E-state index < -0.39 is 39.2 Å². The summed E-state index contributed by atoms with van der Waals surface area (Å²) in [6, 6.07) is 16.7. The molecule has 11 heteroatoms. The molecule has 3 aromatic carbocycles. The summed E-state index contributed by atoms with van der Waals surface area (Å²) >= 11 is 7.14. The van der Waals surface area contributed by atoms with E-state index in [1.165, 1.54) is 36.0 Å². The van der Waals surface area contributed by atoms with Gasteiger partial charge in [-0.25, -0.2) is 8.42 Å². The van der Waals surface area contributed by atoms with Crippen LogP contribution < -0.4 is 9.62 Å². The van der Waals surface area contributed by atoms with Crippen molar-refractivity contribution in [2.75, 3.05) is 22.4 Å². The Hall–Kier alpha value is -2.69. The molecule has 0 aromatic heterocycles. The second-order valence-electron chi connectivity index (χ2n) is 6.77. The number of carbonyl (C=O) groups is 1. The van der Waals surface area contributed by atoms with Crippen LogP contribution in [0, 0.1) is 0 Å². The van der Waals surface area contributed by atoms with Crippen molar-refractivity contribution in [2.24, 2.45) is 0 Å². The quantitative estimate of drug-likeness (QED) is 0.398. The first-order valence-corrected chi connectivity index (χ1v) is 12.4. The smallest absolute Gasteiger partial charge is 0.324 e. The molecule has 1 N–H and O–H groups in total. The highest BCUT2D eigenvalue weighted by Gasteiger charge is 2.35. The molecule has 5 nitrogen and oxygen atoms in total. The Kier molecular flexibility index (Phi) is 7.61. The fraction of sp³-hybridized carbons (Fsp3) is 0.136. The van der Waals surface area contributed by atoms with E-state index in [1.54, 1.807) is 24.3 Å². The Morgan fingerprint density at radius 1 is 1.03 bits per heavy atom. The van der Waals surface area contributed by atoms with Crippen molar-refractivity contribution in [3.05, 3.63) is 83.4 Å². The Bertz CT molecular complexity index is 1250. The van der Waals surface area contributed by atoms with E-state index in [9.17, 15) is 26.4 Å². The SMILES string of the molecule is CSc1cccc(NC(=O)CN(c2ccc(Cl)c(C(F)(F)F)c2)S(=O)(=O)c2ccccc2)c1. The van der Waals surface area contributed by atoms with E-state index in [4.69, 9.17) is 11.6 Å². The van der Waals surface area contributed by atoms with Gasteiger partial charge < -0.3 is 5.32 Å². The largest absolute Gasteiger partial charge is 0.417 e. The molecule has 0 unspecified atom stereocenters. The van der Waals surface area contributed by atoms with Gasteiger partial charge >= 0.3 is 6.18 Å². The van der Waals surface area contributed by atoms with Gasteiger partial charge in [0.1, 0.15) is 6.54 Å². The highest BCUT2D eigenvalue weighted by atomic mass is 35.5. The zero-order valence-corrected chi connectivity index (χ0v) is 19.5. The molecule has 0 atom stereocenters. The predicted octanol–water partition coefficient (Wildman–Crippen LogP) is 5.91. The Morgan fingerprint density at radius 2 is 1.73 bits per heavy atom. The molecule has 0 aliphatic rings. The monoisotopic (exact) mass is 514 g/mol. The normalized spacial score (nSPS) is 11.8. The van der Waals surface area contributed by atoms with E-state index >= 15 is 0 Å². The molecule has 174 valence electrons. The molecular weight excluding hydrogens is 497 g/mol. The molecule has 0 spiro atoms. The van der Waals surface area contributed by atoms with Gasteiger partial charge in [-0.05, 0) is 54.8 Å². The Balaban J connectivity index is 2.02. The number of nitrogens with zero attached hydrogens (tertiary/aromatic N) is 1. The van der Waals surface area contributed by atoms with Gasteiger partial charge in [0.15, 0.2) is 0 Å². The maximum absolute atomic E-state index is 13.4. The van der Waals surface area contributed by atoms with Gasteiger partial charge in [-0.15, -0.1) is 11.8 Å². The van der Waals surface area contributed by atoms with Gasteiger partial charge in [0.25, 0.3) is 10.0 Å². The highest BCUT2D eigenvalue weighted by Crippen LogP contribution is 2.38. The number of amides is 1. The van der Waals surface area contributed by atoms with E-state index in [1.807, 2.05) is 12.3 Å². The topological polar surface area (TPSA) is 66.5 Å². The Labute approximate surface area is 198 Å². The minimum atomic E-state index is -4.81. The number of nitrogens with one attached hydrogen (secondary N) is 1. The lowest BCUT2D eigenvalue weighted by Crippen LogP contribution is -2.38. The second-order valence-corrected chi connectivity index (χ2v) is 9.92. The van der Waals surface area contributed by atoms with Crippen LogP contribution in [0.4, 0.5) is 24.5 Å². The lowest BCUT2D eigenvalue weighted by atomic mass is 10.2. The van der Waals surface area contributed by atoms with E-state index in [2.05, 4.69) is 5.32 Å². The number of carbonyl (C=O) groups excluding carboxylic acids is 1. The third-order valence-electron chi connectivity index (χ3n) is 4.52. The maximum Gasteiger partial charge on any atom is 0.417 e. The number of benzene rings is 3. The number of thioether (sulfide) groups is 1. The Morgan fingerprint density at radius 3 is 2.36 bits per heavy atom. The predicted molar refractivity (Wildman–Crippen MR) is 124 cm³/mol. The molecule has 3 aromatic rings. The minimum Gasteiger partial charge on any atom is -0.324 e. The summed E-state index contributed by atoms with van der Waals surface area (Å²) in [6.07, 6.45) is -2.95. The molecule has 0 saturated heterocycles. The number of halogens is 4. The lowest BCUT2D eigenvalue weighted by Gasteiger charge is -2.25. The molecular formula is C22H18ClF3N2O3S2. The zero-order valence-electron chi connectivity index (χ0n) is 17.1. The molecule has 3 rings (SSSR count). The molecule has 0 bridgehead atoms. The minimum absolute atomic E-state index is 0.175. The van der Waals surface area contributed by atoms with Crippen molar-refractivity contribution >= 4 is 50.7 Å². The summed E-state index contributed by atoms with van der Waals surface area (Å²) in [7, 11) is -4.37. The molecule has 0 aliphatic heterocycles. The van der Waals surface area contributed by atoms with Crippen molar-refractivity contribution in [1.82, 2.24) is 0 Å². The van der Waals surface area contributed by atoms with Crippen LogP contribution in [0.25, 0.3) is 0 Å². The molecule has 0 heterocycles. The molecule has 0 aliphatic carbocycles. The van der Waals surface area contributed by atoms with Crippen LogP contribution in [0.5, 0.6) is 0 Å². The fourth-order valence-electron chi connectivity index (χ4n) is 2.95. The van der Waals surface area contributed by atoms with Crippen molar-refractivity contribution in [2.45, 2.75) is 16.0 Å². The average Bonchev–Trinajstić information content (AvgIpc) is 2.78. The molecule has 33 heavy (non-hydrogen) atoms. The molecule has 0 radical (unpaired) electrons. The number of rotatable bonds is 7. The van der Waals surface area contributed by atoms with E-state index in [0.717, 1.165) is 17.0 Å². The number of anilines is 2. The van der Waals surface area contributed by atoms with Crippen LogP contribution in [0.3, 0.4) is 0 Å². The summed E-state index contributed by atoms with van der Waals surface area (Å²) in [5, 5.41) is 2.01. The summed E-state index contributed by atoms with van der Waals surface area (Å²) in [4.78, 5) is 13.4.